The predicted molar refractivity (Wildman–Crippen MR) is 91.3 cm³/mol. The summed E-state index contributed by atoms with van der Waals surface area (Å²) in [5.41, 5.74) is 1.32. The highest BCUT2D eigenvalue weighted by Crippen LogP contribution is 2.28. The third-order valence-corrected chi connectivity index (χ3v) is 6.52. The molecule has 1 saturated heterocycles. The number of nitrogens with zero attached hydrogens (tertiary/aromatic N) is 1. The van der Waals surface area contributed by atoms with Crippen molar-refractivity contribution in [3.8, 4) is 0 Å². The van der Waals surface area contributed by atoms with Gasteiger partial charge < -0.3 is 5.32 Å². The van der Waals surface area contributed by atoms with Gasteiger partial charge in [-0.1, -0.05) is 6.92 Å². The van der Waals surface area contributed by atoms with E-state index < -0.39 is 0 Å². The Labute approximate surface area is 133 Å². The molecule has 2 heterocycles. The van der Waals surface area contributed by atoms with Gasteiger partial charge in [0.25, 0.3) is 0 Å². The Balaban J connectivity index is 1.99. The molecule has 2 nitrogen and oxygen atoms in total. The van der Waals surface area contributed by atoms with Gasteiger partial charge in [-0.25, -0.2) is 0 Å². The Hall–Kier alpha value is 0.290. The molecule has 0 spiro atoms. The number of aromatic nitrogens is 1. The summed E-state index contributed by atoms with van der Waals surface area (Å²) in [4.78, 5) is 4.28. The van der Waals surface area contributed by atoms with Gasteiger partial charge in [-0.3, -0.25) is 4.98 Å². The lowest BCUT2D eigenvalue weighted by Crippen LogP contribution is -2.43. The molecule has 2 unspecified atom stereocenters. The molecule has 0 radical (unpaired) electrons. The van der Waals surface area contributed by atoms with Crippen molar-refractivity contribution in [2.45, 2.75) is 31.1 Å². The van der Waals surface area contributed by atoms with Crippen LogP contribution in [0.5, 0.6) is 0 Å². The third kappa shape index (κ3) is 5.29. The van der Waals surface area contributed by atoms with Crippen LogP contribution < -0.4 is 5.32 Å². The molecule has 1 N–H and O–H groups in total. The number of thioether (sulfide) groups is 2. The van der Waals surface area contributed by atoms with Crippen molar-refractivity contribution in [3.63, 3.8) is 0 Å². The minimum atomic E-state index is 0.564. The van der Waals surface area contributed by atoms with E-state index in [1.165, 1.54) is 29.2 Å². The summed E-state index contributed by atoms with van der Waals surface area (Å²) in [6, 6.07) is 2.75. The summed E-state index contributed by atoms with van der Waals surface area (Å²) < 4.78 is 1.07. The zero-order valence-corrected chi connectivity index (χ0v) is 14.5. The first-order valence-corrected chi connectivity index (χ1v) is 9.81. The van der Waals surface area contributed by atoms with Crippen LogP contribution in [-0.2, 0) is 6.42 Å². The fourth-order valence-corrected chi connectivity index (χ4v) is 5.53. The first-order chi connectivity index (χ1) is 9.29. The largest absolute Gasteiger partial charge is 0.313 e. The third-order valence-electron chi connectivity index (χ3n) is 3.16. The second kappa shape index (κ2) is 8.55. The van der Waals surface area contributed by atoms with Crippen LogP contribution in [0.4, 0.5) is 0 Å². The van der Waals surface area contributed by atoms with Crippen LogP contribution in [-0.4, -0.2) is 40.1 Å². The first-order valence-electron chi connectivity index (χ1n) is 6.81. The van der Waals surface area contributed by atoms with Gasteiger partial charge in [0, 0.05) is 45.4 Å². The van der Waals surface area contributed by atoms with Gasteiger partial charge in [-0.2, -0.15) is 23.5 Å². The molecule has 1 aliphatic heterocycles. The minimum Gasteiger partial charge on any atom is -0.313 e. The van der Waals surface area contributed by atoms with Crippen LogP contribution in [0, 0.1) is 0 Å². The zero-order valence-electron chi connectivity index (χ0n) is 11.3. The maximum Gasteiger partial charge on any atom is 0.0410 e. The highest BCUT2D eigenvalue weighted by Gasteiger charge is 2.24. The fraction of sp³-hybridized carbons (Fsp3) is 0.643. The molecule has 106 valence electrons. The molecule has 0 aromatic carbocycles. The van der Waals surface area contributed by atoms with Gasteiger partial charge in [0.15, 0.2) is 0 Å². The molecule has 2 atom stereocenters. The number of hydrogen-bond acceptors (Lipinski definition) is 4. The second-order valence-corrected chi connectivity index (χ2v) is 8.17. The van der Waals surface area contributed by atoms with E-state index in [0.29, 0.717) is 6.04 Å². The van der Waals surface area contributed by atoms with E-state index in [1.807, 2.05) is 12.4 Å². The average Bonchev–Trinajstić information content (AvgIpc) is 2.44. The lowest BCUT2D eigenvalue weighted by molar-refractivity contribution is 0.505. The summed E-state index contributed by atoms with van der Waals surface area (Å²) in [7, 11) is 0. The van der Waals surface area contributed by atoms with E-state index in [1.54, 1.807) is 0 Å². The minimum absolute atomic E-state index is 0.564. The van der Waals surface area contributed by atoms with Crippen LogP contribution >= 0.6 is 39.5 Å². The smallest absolute Gasteiger partial charge is 0.0410 e. The van der Waals surface area contributed by atoms with Crippen LogP contribution in [0.15, 0.2) is 22.9 Å². The van der Waals surface area contributed by atoms with E-state index in [9.17, 15) is 0 Å². The molecule has 0 saturated carbocycles. The molecule has 1 aromatic heterocycles. The lowest BCUT2D eigenvalue weighted by Gasteiger charge is -2.30. The molecule has 5 heteroatoms. The summed E-state index contributed by atoms with van der Waals surface area (Å²) in [5, 5.41) is 4.46. The van der Waals surface area contributed by atoms with Crippen LogP contribution in [0.2, 0.25) is 0 Å². The van der Waals surface area contributed by atoms with Crippen molar-refractivity contribution >= 4 is 39.5 Å². The second-order valence-electron chi connectivity index (χ2n) is 4.76. The Bertz CT molecular complexity index is 383. The molecule has 0 aliphatic carbocycles. The number of hydrogen-bond donors (Lipinski definition) is 1. The van der Waals surface area contributed by atoms with Crippen molar-refractivity contribution in [2.24, 2.45) is 0 Å². The Morgan fingerprint density at radius 2 is 2.37 bits per heavy atom. The maximum absolute atomic E-state index is 4.28. The average molecular weight is 361 g/mol. The van der Waals surface area contributed by atoms with Crippen LogP contribution in [0.25, 0.3) is 0 Å². The van der Waals surface area contributed by atoms with E-state index in [4.69, 9.17) is 0 Å². The maximum atomic E-state index is 4.28. The summed E-state index contributed by atoms with van der Waals surface area (Å²) in [6.07, 6.45) is 6.11. The molecule has 19 heavy (non-hydrogen) atoms. The zero-order chi connectivity index (χ0) is 13.5. The van der Waals surface area contributed by atoms with Crippen molar-refractivity contribution in [3.05, 3.63) is 28.5 Å². The summed E-state index contributed by atoms with van der Waals surface area (Å²) in [5.74, 6) is 3.87. The molecule has 2 rings (SSSR count). The topological polar surface area (TPSA) is 24.9 Å². The molecular formula is C14H21BrN2S2. The van der Waals surface area contributed by atoms with Crippen molar-refractivity contribution < 1.29 is 0 Å². The standard InChI is InChI=1S/C14H21BrN2S2/c1-2-3-17-13(14-10-18-4-5-19-14)7-11-6-12(15)9-16-8-11/h6,8-9,13-14,17H,2-5,7,10H2,1H3. The van der Waals surface area contributed by atoms with E-state index >= 15 is 0 Å². The van der Waals surface area contributed by atoms with Crippen molar-refractivity contribution in [1.82, 2.24) is 10.3 Å². The monoisotopic (exact) mass is 360 g/mol. The van der Waals surface area contributed by atoms with Crippen molar-refractivity contribution in [2.75, 3.05) is 23.8 Å². The predicted octanol–water partition coefficient (Wildman–Crippen LogP) is 3.60. The Morgan fingerprint density at radius 3 is 3.05 bits per heavy atom. The van der Waals surface area contributed by atoms with E-state index in [2.05, 4.69) is 62.7 Å². The Morgan fingerprint density at radius 1 is 1.47 bits per heavy atom. The van der Waals surface area contributed by atoms with Gasteiger partial charge in [-0.05, 0) is 46.9 Å². The summed E-state index contributed by atoms with van der Waals surface area (Å²) >= 11 is 7.73. The quantitative estimate of drug-likeness (QED) is 0.837. The summed E-state index contributed by atoms with van der Waals surface area (Å²) in [6.45, 7) is 3.33. The van der Waals surface area contributed by atoms with Crippen LogP contribution in [0.3, 0.4) is 0 Å². The molecule has 0 amide bonds. The molecule has 1 aromatic rings. The number of rotatable bonds is 6. The van der Waals surface area contributed by atoms with Crippen molar-refractivity contribution in [1.29, 1.82) is 0 Å². The van der Waals surface area contributed by atoms with E-state index in [0.717, 1.165) is 22.7 Å². The lowest BCUT2D eigenvalue weighted by atomic mass is 10.1. The van der Waals surface area contributed by atoms with Gasteiger partial charge in [-0.15, -0.1) is 0 Å². The SMILES string of the molecule is CCCNC(Cc1cncc(Br)c1)C1CSCCS1. The number of halogens is 1. The normalized spacial score (nSPS) is 21.3. The van der Waals surface area contributed by atoms with Gasteiger partial charge in [0.1, 0.15) is 0 Å². The highest BCUT2D eigenvalue weighted by atomic mass is 79.9. The van der Waals surface area contributed by atoms with Gasteiger partial charge in [0.05, 0.1) is 0 Å². The van der Waals surface area contributed by atoms with Gasteiger partial charge in [0.2, 0.25) is 0 Å². The van der Waals surface area contributed by atoms with Crippen LogP contribution in [0.1, 0.15) is 18.9 Å². The number of pyridine rings is 1. The fourth-order valence-electron chi connectivity index (χ4n) is 2.22. The molecule has 1 fully saturated rings. The number of nitrogens with one attached hydrogen (secondary N) is 1. The van der Waals surface area contributed by atoms with E-state index in [-0.39, 0.29) is 0 Å². The van der Waals surface area contributed by atoms with Gasteiger partial charge >= 0.3 is 0 Å². The highest BCUT2D eigenvalue weighted by molar-refractivity contribution is 9.10. The molecule has 1 aliphatic rings. The first kappa shape index (κ1) is 15.7. The molecule has 0 bridgehead atoms. The molecular weight excluding hydrogens is 340 g/mol. The Kier molecular flexibility index (Phi) is 7.05.